The molecule has 0 aliphatic carbocycles. The summed E-state index contributed by atoms with van der Waals surface area (Å²) in [7, 11) is 1.87. The molecule has 0 aliphatic heterocycles. The van der Waals surface area contributed by atoms with Gasteiger partial charge in [0.25, 0.3) is 0 Å². The number of nitrogens with two attached hydrogens (primary N) is 1. The summed E-state index contributed by atoms with van der Waals surface area (Å²) in [6, 6.07) is 0. The van der Waals surface area contributed by atoms with E-state index in [1.165, 1.54) is 0 Å². The zero-order chi connectivity index (χ0) is 14.3. The molecule has 0 saturated carbocycles. The second kappa shape index (κ2) is 7.65. The van der Waals surface area contributed by atoms with Crippen molar-refractivity contribution in [3.05, 3.63) is 18.1 Å². The number of carbonyl (C=O) groups is 1. The second-order valence-corrected chi connectivity index (χ2v) is 4.91. The molecule has 106 valence electrons. The van der Waals surface area contributed by atoms with Crippen LogP contribution in [0.1, 0.15) is 19.5 Å². The summed E-state index contributed by atoms with van der Waals surface area (Å²) in [5.74, 6) is 6.20. The lowest BCUT2D eigenvalue weighted by atomic mass is 10.2. The van der Waals surface area contributed by atoms with Crippen LogP contribution in [0.25, 0.3) is 0 Å². The summed E-state index contributed by atoms with van der Waals surface area (Å²) in [6.45, 7) is 5.72. The monoisotopic (exact) mass is 266 g/mol. The number of amides is 1. The van der Waals surface area contributed by atoms with E-state index in [2.05, 4.69) is 34.6 Å². The van der Waals surface area contributed by atoms with Crippen LogP contribution in [0.15, 0.2) is 12.4 Å². The van der Waals surface area contributed by atoms with Gasteiger partial charge in [-0.3, -0.25) is 14.7 Å². The maximum atomic E-state index is 11.6. The molecule has 0 bridgehead atoms. The lowest BCUT2D eigenvalue weighted by Crippen LogP contribution is -2.36. The van der Waals surface area contributed by atoms with Crippen molar-refractivity contribution < 1.29 is 4.79 Å². The average Bonchev–Trinajstić information content (AvgIpc) is 2.37. The average molecular weight is 266 g/mol. The third kappa shape index (κ3) is 6.12. The van der Waals surface area contributed by atoms with Gasteiger partial charge < -0.3 is 10.7 Å². The van der Waals surface area contributed by atoms with Crippen molar-refractivity contribution in [1.82, 2.24) is 20.2 Å². The molecule has 0 saturated heterocycles. The van der Waals surface area contributed by atoms with E-state index in [4.69, 9.17) is 5.84 Å². The van der Waals surface area contributed by atoms with E-state index >= 15 is 0 Å². The first-order valence-electron chi connectivity index (χ1n) is 6.24. The summed E-state index contributed by atoms with van der Waals surface area (Å²) in [4.78, 5) is 21.8. The van der Waals surface area contributed by atoms with Crippen LogP contribution in [0.5, 0.6) is 0 Å². The van der Waals surface area contributed by atoms with E-state index in [-0.39, 0.29) is 5.91 Å². The number of hydrogen-bond donors (Lipinski definition) is 3. The Morgan fingerprint density at radius 1 is 1.42 bits per heavy atom. The molecule has 1 aromatic heterocycles. The van der Waals surface area contributed by atoms with Gasteiger partial charge in [-0.25, -0.2) is 10.8 Å². The minimum Gasteiger partial charge on any atom is -0.355 e. The van der Waals surface area contributed by atoms with Gasteiger partial charge >= 0.3 is 0 Å². The number of nitrogen functional groups attached to an aromatic ring is 1. The number of aromatic nitrogens is 2. The van der Waals surface area contributed by atoms with Gasteiger partial charge in [-0.15, -0.1) is 0 Å². The van der Waals surface area contributed by atoms with E-state index in [0.717, 1.165) is 5.69 Å². The van der Waals surface area contributed by atoms with Crippen molar-refractivity contribution in [1.29, 1.82) is 0 Å². The smallest absolute Gasteiger partial charge is 0.234 e. The lowest BCUT2D eigenvalue weighted by molar-refractivity contribution is -0.122. The van der Waals surface area contributed by atoms with Crippen LogP contribution in [-0.4, -0.2) is 40.9 Å². The van der Waals surface area contributed by atoms with Crippen molar-refractivity contribution in [3.63, 3.8) is 0 Å². The predicted molar refractivity (Wildman–Crippen MR) is 74.0 cm³/mol. The molecule has 4 N–H and O–H groups in total. The molecule has 0 fully saturated rings. The number of anilines is 1. The Morgan fingerprint density at radius 3 is 2.68 bits per heavy atom. The summed E-state index contributed by atoms with van der Waals surface area (Å²) in [6.07, 6.45) is 3.19. The Morgan fingerprint density at radius 2 is 2.16 bits per heavy atom. The molecule has 7 nitrogen and oxygen atoms in total. The Hall–Kier alpha value is -1.73. The normalized spacial score (nSPS) is 10.8. The fraction of sp³-hybridized carbons (Fsp3) is 0.583. The topological polar surface area (TPSA) is 96.2 Å². The molecule has 1 aromatic rings. The maximum Gasteiger partial charge on any atom is 0.234 e. The van der Waals surface area contributed by atoms with Crippen LogP contribution in [0.4, 0.5) is 5.82 Å². The molecule has 0 unspecified atom stereocenters. The Balaban J connectivity index is 2.37. The Labute approximate surface area is 113 Å². The third-order valence-corrected chi connectivity index (χ3v) is 2.41. The zero-order valence-corrected chi connectivity index (χ0v) is 11.7. The van der Waals surface area contributed by atoms with E-state index in [1.807, 2.05) is 11.9 Å². The highest BCUT2D eigenvalue weighted by Crippen LogP contribution is 2.01. The van der Waals surface area contributed by atoms with Gasteiger partial charge in [-0.1, -0.05) is 13.8 Å². The second-order valence-electron chi connectivity index (χ2n) is 4.91. The molecule has 0 aliphatic rings. The highest BCUT2D eigenvalue weighted by Gasteiger charge is 2.08. The summed E-state index contributed by atoms with van der Waals surface area (Å²) >= 11 is 0. The largest absolute Gasteiger partial charge is 0.355 e. The van der Waals surface area contributed by atoms with Crippen LogP contribution < -0.4 is 16.6 Å². The van der Waals surface area contributed by atoms with Gasteiger partial charge in [0, 0.05) is 13.1 Å². The molecule has 0 spiro atoms. The first kappa shape index (κ1) is 15.3. The number of likely N-dealkylation sites (N-methyl/N-ethyl adjacent to an activating group) is 1. The molecule has 0 aromatic carbocycles. The van der Waals surface area contributed by atoms with E-state index in [0.29, 0.717) is 31.4 Å². The molecule has 19 heavy (non-hydrogen) atoms. The third-order valence-electron chi connectivity index (χ3n) is 2.41. The van der Waals surface area contributed by atoms with Gasteiger partial charge in [0.2, 0.25) is 5.91 Å². The van der Waals surface area contributed by atoms with Crippen molar-refractivity contribution in [2.45, 2.75) is 20.4 Å². The first-order chi connectivity index (χ1) is 9.01. The quantitative estimate of drug-likeness (QED) is 0.473. The van der Waals surface area contributed by atoms with Crippen molar-refractivity contribution >= 4 is 11.7 Å². The van der Waals surface area contributed by atoms with Gasteiger partial charge in [0.1, 0.15) is 0 Å². The van der Waals surface area contributed by atoms with Crippen molar-refractivity contribution in [2.24, 2.45) is 11.8 Å². The lowest BCUT2D eigenvalue weighted by Gasteiger charge is -2.16. The van der Waals surface area contributed by atoms with E-state index in [9.17, 15) is 4.79 Å². The van der Waals surface area contributed by atoms with Crippen LogP contribution >= 0.6 is 0 Å². The number of hydrazine groups is 1. The van der Waals surface area contributed by atoms with Gasteiger partial charge in [0.15, 0.2) is 5.82 Å². The van der Waals surface area contributed by atoms with Crippen LogP contribution in [-0.2, 0) is 11.3 Å². The van der Waals surface area contributed by atoms with Crippen LogP contribution in [0.2, 0.25) is 0 Å². The summed E-state index contributed by atoms with van der Waals surface area (Å²) < 4.78 is 0. The van der Waals surface area contributed by atoms with Crippen LogP contribution in [0.3, 0.4) is 0 Å². The minimum atomic E-state index is 0.0180. The molecule has 0 atom stereocenters. The van der Waals surface area contributed by atoms with Crippen molar-refractivity contribution in [2.75, 3.05) is 25.6 Å². The van der Waals surface area contributed by atoms with Crippen LogP contribution in [0, 0.1) is 5.92 Å². The van der Waals surface area contributed by atoms with E-state index in [1.54, 1.807) is 12.4 Å². The maximum absolute atomic E-state index is 11.6. The number of carbonyl (C=O) groups excluding carboxylic acids is 1. The van der Waals surface area contributed by atoms with Gasteiger partial charge in [-0.2, -0.15) is 0 Å². The Kier molecular flexibility index (Phi) is 6.17. The standard InChI is InChI=1S/C12H22N6O/c1-9(2)4-16-12(19)8-18(3)7-10-5-15-11(17-13)6-14-10/h5-6,9H,4,7-8,13H2,1-3H3,(H,15,17)(H,16,19). The fourth-order valence-corrected chi connectivity index (χ4v) is 1.46. The minimum absolute atomic E-state index is 0.0180. The van der Waals surface area contributed by atoms with E-state index < -0.39 is 0 Å². The SMILES string of the molecule is CC(C)CNC(=O)CN(C)Cc1cnc(NN)cn1. The summed E-state index contributed by atoms with van der Waals surface area (Å²) in [5.41, 5.74) is 3.21. The molecular formula is C12H22N6O. The zero-order valence-electron chi connectivity index (χ0n) is 11.7. The molecule has 7 heteroatoms. The molecule has 1 rings (SSSR count). The highest BCUT2D eigenvalue weighted by molar-refractivity contribution is 5.77. The molecule has 1 amide bonds. The number of nitrogens with zero attached hydrogens (tertiary/aromatic N) is 3. The highest BCUT2D eigenvalue weighted by atomic mass is 16.2. The van der Waals surface area contributed by atoms with Gasteiger partial charge in [-0.05, 0) is 13.0 Å². The Bertz CT molecular complexity index is 392. The first-order valence-corrected chi connectivity index (χ1v) is 6.24. The predicted octanol–water partition coefficient (Wildman–Crippen LogP) is -0.0338. The number of nitrogens with one attached hydrogen (secondary N) is 2. The molecular weight excluding hydrogens is 244 g/mol. The fourth-order valence-electron chi connectivity index (χ4n) is 1.46. The molecule has 1 heterocycles. The molecule has 0 radical (unpaired) electrons. The van der Waals surface area contributed by atoms with Gasteiger partial charge in [0.05, 0.1) is 24.6 Å². The summed E-state index contributed by atoms with van der Waals surface area (Å²) in [5, 5.41) is 2.87. The van der Waals surface area contributed by atoms with Crippen molar-refractivity contribution in [3.8, 4) is 0 Å². The number of rotatable bonds is 7. The number of hydrogen-bond acceptors (Lipinski definition) is 6.